The van der Waals surface area contributed by atoms with E-state index in [0.717, 1.165) is 21.3 Å². The maximum Gasteiger partial charge on any atom is 0.330 e. The van der Waals surface area contributed by atoms with Crippen LogP contribution in [0.15, 0.2) is 83.4 Å². The molecule has 0 bridgehead atoms. The minimum absolute atomic E-state index is 0.00583. The molecule has 3 aromatic rings. The number of amides is 3. The Morgan fingerprint density at radius 2 is 1.72 bits per heavy atom. The molecule has 0 fully saturated rings. The molecule has 2 atom stereocenters. The molecule has 0 aliphatic rings. The second-order valence-electron chi connectivity index (χ2n) is 8.71. The van der Waals surface area contributed by atoms with Crippen LogP contribution in [0.25, 0.3) is 11.3 Å². The minimum atomic E-state index is -0.942. The zero-order valence-electron chi connectivity index (χ0n) is 21.5. The van der Waals surface area contributed by atoms with Crippen LogP contribution in [0.1, 0.15) is 35.8 Å². The van der Waals surface area contributed by atoms with Gasteiger partial charge in [0.25, 0.3) is 5.91 Å². The van der Waals surface area contributed by atoms with Crippen molar-refractivity contribution in [3.8, 4) is 11.3 Å². The number of halogens is 1. The third kappa shape index (κ3) is 9.26. The number of carbonyl (C=O) groups is 4. The molecule has 10 heteroatoms. The van der Waals surface area contributed by atoms with Gasteiger partial charge in [-0.2, -0.15) is 0 Å². The standard InChI is InChI=1S/C29H31BrN4O5/c1-2-39-27(36)17-13-20(12-16-26(31)35)32-29(38)25(18-19-8-4-3-5-9-19)34-28(37)24-15-14-23(33-24)21-10-6-7-11-22(21)30/h3-11,13-15,17,20,25,33H,2,12,16,18H2,1H3,(H2,31,35)(H,32,38)(H,34,37)/b17-13+/t20-,25-/m0/s1. The Balaban J connectivity index is 1.79. The van der Waals surface area contributed by atoms with Crippen LogP contribution in [0, 0.1) is 0 Å². The second-order valence-corrected chi connectivity index (χ2v) is 9.57. The van der Waals surface area contributed by atoms with Gasteiger partial charge in [0.2, 0.25) is 11.8 Å². The number of nitrogens with one attached hydrogen (secondary N) is 3. The van der Waals surface area contributed by atoms with Crippen LogP contribution in [0.5, 0.6) is 0 Å². The van der Waals surface area contributed by atoms with Crippen LogP contribution in [-0.2, 0) is 25.5 Å². The highest BCUT2D eigenvalue weighted by atomic mass is 79.9. The maximum atomic E-state index is 13.4. The fourth-order valence-corrected chi connectivity index (χ4v) is 4.34. The van der Waals surface area contributed by atoms with E-state index in [0.29, 0.717) is 5.69 Å². The summed E-state index contributed by atoms with van der Waals surface area (Å²) in [5, 5.41) is 5.63. The van der Waals surface area contributed by atoms with Crippen molar-refractivity contribution in [1.29, 1.82) is 0 Å². The van der Waals surface area contributed by atoms with Crippen molar-refractivity contribution in [3.05, 3.63) is 94.6 Å². The molecule has 3 amide bonds. The molecule has 39 heavy (non-hydrogen) atoms. The lowest BCUT2D eigenvalue weighted by molar-refractivity contribution is -0.137. The summed E-state index contributed by atoms with van der Waals surface area (Å²) in [4.78, 5) is 52.9. The van der Waals surface area contributed by atoms with Gasteiger partial charge < -0.3 is 26.1 Å². The topological polar surface area (TPSA) is 143 Å². The smallest absolute Gasteiger partial charge is 0.330 e. The van der Waals surface area contributed by atoms with E-state index in [9.17, 15) is 19.2 Å². The lowest BCUT2D eigenvalue weighted by Crippen LogP contribution is -2.50. The zero-order chi connectivity index (χ0) is 28.2. The summed E-state index contributed by atoms with van der Waals surface area (Å²) in [5.41, 5.74) is 8.06. The Hall–Kier alpha value is -4.18. The number of aromatic nitrogens is 1. The monoisotopic (exact) mass is 594 g/mol. The Bertz CT molecular complexity index is 1320. The summed E-state index contributed by atoms with van der Waals surface area (Å²) in [6, 6.07) is 18.7. The van der Waals surface area contributed by atoms with Crippen molar-refractivity contribution in [2.75, 3.05) is 6.61 Å². The number of hydrogen-bond donors (Lipinski definition) is 4. The molecule has 9 nitrogen and oxygen atoms in total. The van der Waals surface area contributed by atoms with E-state index in [4.69, 9.17) is 10.5 Å². The first-order valence-corrected chi connectivity index (χ1v) is 13.3. The average Bonchev–Trinajstić information content (AvgIpc) is 3.41. The molecule has 0 radical (unpaired) electrons. The van der Waals surface area contributed by atoms with Gasteiger partial charge in [-0.25, -0.2) is 4.79 Å². The Kier molecular flexibility index (Phi) is 11.1. The molecule has 5 N–H and O–H groups in total. The lowest BCUT2D eigenvalue weighted by atomic mass is 10.0. The predicted molar refractivity (Wildman–Crippen MR) is 151 cm³/mol. The third-order valence-corrected chi connectivity index (χ3v) is 6.47. The highest BCUT2D eigenvalue weighted by Crippen LogP contribution is 2.27. The van der Waals surface area contributed by atoms with Crippen molar-refractivity contribution in [1.82, 2.24) is 15.6 Å². The summed E-state index contributed by atoms with van der Waals surface area (Å²) in [6.07, 6.45) is 3.04. The quantitative estimate of drug-likeness (QED) is 0.176. The van der Waals surface area contributed by atoms with Crippen LogP contribution in [0.2, 0.25) is 0 Å². The number of primary amides is 1. The van der Waals surface area contributed by atoms with E-state index in [2.05, 4.69) is 31.5 Å². The van der Waals surface area contributed by atoms with Crippen LogP contribution in [0.3, 0.4) is 0 Å². The minimum Gasteiger partial charge on any atom is -0.463 e. The first-order chi connectivity index (χ1) is 18.8. The van der Waals surface area contributed by atoms with Gasteiger partial charge >= 0.3 is 5.97 Å². The van der Waals surface area contributed by atoms with Crippen molar-refractivity contribution in [2.24, 2.45) is 5.73 Å². The summed E-state index contributed by atoms with van der Waals surface area (Å²) >= 11 is 3.51. The van der Waals surface area contributed by atoms with E-state index in [1.807, 2.05) is 54.6 Å². The van der Waals surface area contributed by atoms with Gasteiger partial charge in [-0.05, 0) is 37.1 Å². The summed E-state index contributed by atoms with van der Waals surface area (Å²) < 4.78 is 5.77. The Labute approximate surface area is 235 Å². The predicted octanol–water partition coefficient (Wildman–Crippen LogP) is 3.65. The van der Waals surface area contributed by atoms with Crippen molar-refractivity contribution < 1.29 is 23.9 Å². The number of aromatic amines is 1. The van der Waals surface area contributed by atoms with Crippen LogP contribution in [-0.4, -0.2) is 47.4 Å². The van der Waals surface area contributed by atoms with Gasteiger partial charge in [-0.3, -0.25) is 14.4 Å². The van der Waals surface area contributed by atoms with E-state index in [1.165, 1.54) is 12.2 Å². The number of carbonyl (C=O) groups excluding carboxylic acids is 4. The molecule has 2 aromatic carbocycles. The molecule has 0 aliphatic carbocycles. The molecular formula is C29H31BrN4O5. The summed E-state index contributed by atoms with van der Waals surface area (Å²) in [5.74, 6) is -2.05. The number of nitrogens with two attached hydrogens (primary N) is 1. The van der Waals surface area contributed by atoms with Crippen molar-refractivity contribution in [3.63, 3.8) is 0 Å². The SMILES string of the molecule is CCOC(=O)/C=C/[C@H](CCC(N)=O)NC(=O)[C@H](Cc1ccccc1)NC(=O)c1ccc(-c2ccccc2Br)[nH]1. The molecule has 0 saturated carbocycles. The van der Waals surface area contributed by atoms with Gasteiger partial charge in [-0.1, -0.05) is 70.5 Å². The van der Waals surface area contributed by atoms with Gasteiger partial charge in [0.15, 0.2) is 0 Å². The fraction of sp³-hybridized carbons (Fsp3) is 0.241. The molecule has 0 spiro atoms. The molecule has 3 rings (SSSR count). The number of ether oxygens (including phenoxy) is 1. The first kappa shape index (κ1) is 29.4. The number of benzene rings is 2. The molecule has 1 aromatic heterocycles. The normalized spacial score (nSPS) is 12.5. The van der Waals surface area contributed by atoms with Crippen LogP contribution < -0.4 is 16.4 Å². The molecule has 0 aliphatic heterocycles. The average molecular weight is 595 g/mol. The molecular weight excluding hydrogens is 564 g/mol. The lowest BCUT2D eigenvalue weighted by Gasteiger charge is -2.22. The zero-order valence-corrected chi connectivity index (χ0v) is 23.1. The van der Waals surface area contributed by atoms with E-state index < -0.39 is 35.8 Å². The van der Waals surface area contributed by atoms with Crippen molar-refractivity contribution >= 4 is 39.6 Å². The third-order valence-electron chi connectivity index (χ3n) is 5.78. The summed E-state index contributed by atoms with van der Waals surface area (Å²) in [6.45, 7) is 1.88. The molecule has 1 heterocycles. The number of hydrogen-bond acceptors (Lipinski definition) is 5. The Morgan fingerprint density at radius 1 is 1.00 bits per heavy atom. The van der Waals surface area contributed by atoms with Gasteiger partial charge in [0.05, 0.1) is 6.61 Å². The molecule has 204 valence electrons. The highest BCUT2D eigenvalue weighted by molar-refractivity contribution is 9.10. The summed E-state index contributed by atoms with van der Waals surface area (Å²) in [7, 11) is 0. The van der Waals surface area contributed by atoms with Crippen LogP contribution in [0.4, 0.5) is 0 Å². The highest BCUT2D eigenvalue weighted by Gasteiger charge is 2.25. The number of rotatable bonds is 13. The number of esters is 1. The van der Waals surface area contributed by atoms with Gasteiger partial charge in [0.1, 0.15) is 11.7 Å². The second kappa shape index (κ2) is 14.7. The number of H-pyrrole nitrogens is 1. The first-order valence-electron chi connectivity index (χ1n) is 12.5. The van der Waals surface area contributed by atoms with E-state index >= 15 is 0 Å². The van der Waals surface area contributed by atoms with Gasteiger partial charge in [0, 0.05) is 40.7 Å². The maximum absolute atomic E-state index is 13.4. The van der Waals surface area contributed by atoms with E-state index in [-0.39, 0.29) is 25.9 Å². The Morgan fingerprint density at radius 3 is 2.41 bits per heavy atom. The fourth-order valence-electron chi connectivity index (χ4n) is 3.84. The van der Waals surface area contributed by atoms with E-state index in [1.54, 1.807) is 19.1 Å². The molecule has 0 saturated heterocycles. The largest absolute Gasteiger partial charge is 0.463 e. The van der Waals surface area contributed by atoms with Gasteiger partial charge in [-0.15, -0.1) is 0 Å². The molecule has 0 unspecified atom stereocenters. The van der Waals surface area contributed by atoms with Crippen LogP contribution >= 0.6 is 15.9 Å². The van der Waals surface area contributed by atoms with Crippen molar-refractivity contribution in [2.45, 2.75) is 38.3 Å².